The van der Waals surface area contributed by atoms with E-state index in [0.717, 1.165) is 25.7 Å². The first-order valence-corrected chi connectivity index (χ1v) is 6.39. The van der Waals surface area contributed by atoms with Crippen LogP contribution in [0, 0.1) is 17.3 Å². The van der Waals surface area contributed by atoms with E-state index in [1.54, 1.807) is 0 Å². The van der Waals surface area contributed by atoms with Crippen LogP contribution < -0.4 is 0 Å². The fraction of sp³-hybridized carbons (Fsp3) is 0.923. The molecule has 15 heavy (non-hydrogen) atoms. The minimum atomic E-state index is -0.540. The van der Waals surface area contributed by atoms with E-state index in [0.29, 0.717) is 11.8 Å². The van der Waals surface area contributed by atoms with Gasteiger partial charge in [0.05, 0.1) is 5.41 Å². The van der Waals surface area contributed by atoms with Gasteiger partial charge in [0.1, 0.15) is 0 Å². The van der Waals surface area contributed by atoms with Crippen LogP contribution >= 0.6 is 0 Å². The standard InChI is InChI=1S/C13H22O2/c1-13(12(14)15,10-6-2-3-7-10)11-8-4-5-9-11/h10-11H,2-9H2,1H3,(H,14,15). The Morgan fingerprint density at radius 2 is 1.33 bits per heavy atom. The van der Waals surface area contributed by atoms with E-state index in [2.05, 4.69) is 0 Å². The molecule has 2 saturated carbocycles. The van der Waals surface area contributed by atoms with Crippen molar-refractivity contribution in [2.45, 2.75) is 58.3 Å². The zero-order valence-corrected chi connectivity index (χ0v) is 9.67. The van der Waals surface area contributed by atoms with E-state index in [1.165, 1.54) is 25.7 Å². The molecule has 2 rings (SSSR count). The highest BCUT2D eigenvalue weighted by Gasteiger charge is 2.48. The van der Waals surface area contributed by atoms with E-state index < -0.39 is 11.4 Å². The van der Waals surface area contributed by atoms with Gasteiger partial charge in [-0.3, -0.25) is 4.79 Å². The van der Waals surface area contributed by atoms with Gasteiger partial charge in [-0.15, -0.1) is 0 Å². The Morgan fingerprint density at radius 1 is 1.00 bits per heavy atom. The summed E-state index contributed by atoms with van der Waals surface area (Å²) in [6, 6.07) is 0. The third-order valence-electron chi connectivity index (χ3n) is 4.87. The molecule has 2 nitrogen and oxygen atoms in total. The van der Waals surface area contributed by atoms with Crippen molar-refractivity contribution in [2.24, 2.45) is 17.3 Å². The predicted octanol–water partition coefficient (Wildman–Crippen LogP) is 3.46. The van der Waals surface area contributed by atoms with Crippen LogP contribution in [0.15, 0.2) is 0 Å². The fourth-order valence-electron chi connectivity index (χ4n) is 3.73. The summed E-state index contributed by atoms with van der Waals surface area (Å²) < 4.78 is 0. The van der Waals surface area contributed by atoms with Gasteiger partial charge in [-0.05, 0) is 44.4 Å². The predicted molar refractivity (Wildman–Crippen MR) is 59.7 cm³/mol. The molecule has 0 heterocycles. The number of carboxylic acids is 1. The van der Waals surface area contributed by atoms with Crippen molar-refractivity contribution >= 4 is 5.97 Å². The minimum absolute atomic E-state index is 0.424. The Labute approximate surface area is 92.1 Å². The summed E-state index contributed by atoms with van der Waals surface area (Å²) in [6.07, 6.45) is 9.50. The number of carboxylic acid groups (broad SMARTS) is 1. The smallest absolute Gasteiger partial charge is 0.309 e. The van der Waals surface area contributed by atoms with Gasteiger partial charge in [0, 0.05) is 0 Å². The largest absolute Gasteiger partial charge is 0.481 e. The number of hydrogen-bond acceptors (Lipinski definition) is 1. The van der Waals surface area contributed by atoms with E-state index in [9.17, 15) is 9.90 Å². The van der Waals surface area contributed by atoms with E-state index in [1.807, 2.05) is 6.92 Å². The number of carbonyl (C=O) groups is 1. The van der Waals surface area contributed by atoms with Crippen LogP contribution in [0.4, 0.5) is 0 Å². The third-order valence-corrected chi connectivity index (χ3v) is 4.87. The Morgan fingerprint density at radius 3 is 1.60 bits per heavy atom. The molecule has 0 aromatic rings. The third kappa shape index (κ3) is 1.79. The molecule has 2 fully saturated rings. The number of aliphatic carboxylic acids is 1. The molecule has 0 radical (unpaired) electrons. The van der Waals surface area contributed by atoms with Gasteiger partial charge in [-0.1, -0.05) is 25.7 Å². The lowest BCUT2D eigenvalue weighted by Crippen LogP contribution is -2.40. The second-order valence-corrected chi connectivity index (χ2v) is 5.55. The molecule has 86 valence electrons. The van der Waals surface area contributed by atoms with Gasteiger partial charge < -0.3 is 5.11 Å². The SMILES string of the molecule is CC(C(=O)O)(C1CCCC1)C1CCCC1. The molecule has 0 spiro atoms. The first-order chi connectivity index (χ1) is 7.15. The summed E-state index contributed by atoms with van der Waals surface area (Å²) in [5.41, 5.74) is -0.424. The van der Waals surface area contributed by atoms with Gasteiger partial charge in [0.25, 0.3) is 0 Å². The Balaban J connectivity index is 2.17. The van der Waals surface area contributed by atoms with Crippen molar-refractivity contribution in [1.29, 1.82) is 0 Å². The minimum Gasteiger partial charge on any atom is -0.481 e. The quantitative estimate of drug-likeness (QED) is 0.774. The summed E-state index contributed by atoms with van der Waals surface area (Å²) in [6.45, 7) is 2.02. The Bertz CT molecular complexity index is 219. The lowest BCUT2D eigenvalue weighted by atomic mass is 9.66. The molecular weight excluding hydrogens is 188 g/mol. The van der Waals surface area contributed by atoms with Gasteiger partial charge in [0.2, 0.25) is 0 Å². The van der Waals surface area contributed by atoms with Crippen LogP contribution in [0.3, 0.4) is 0 Å². The average molecular weight is 210 g/mol. The van der Waals surface area contributed by atoms with Crippen LogP contribution in [0.2, 0.25) is 0 Å². The molecule has 0 amide bonds. The van der Waals surface area contributed by atoms with Crippen molar-refractivity contribution in [3.63, 3.8) is 0 Å². The second kappa shape index (κ2) is 4.15. The average Bonchev–Trinajstić information content (AvgIpc) is 2.89. The summed E-state index contributed by atoms with van der Waals surface area (Å²) in [5.74, 6) is 0.345. The molecule has 0 unspecified atom stereocenters. The molecule has 0 aliphatic heterocycles. The maximum Gasteiger partial charge on any atom is 0.309 e. The molecular formula is C13H22O2. The monoisotopic (exact) mass is 210 g/mol. The van der Waals surface area contributed by atoms with Gasteiger partial charge in [-0.2, -0.15) is 0 Å². The molecule has 2 heteroatoms. The van der Waals surface area contributed by atoms with Crippen molar-refractivity contribution in [1.82, 2.24) is 0 Å². The molecule has 1 N–H and O–H groups in total. The number of rotatable bonds is 3. The van der Waals surface area contributed by atoms with Crippen molar-refractivity contribution in [2.75, 3.05) is 0 Å². The lowest BCUT2D eigenvalue weighted by Gasteiger charge is -2.37. The van der Waals surface area contributed by atoms with Crippen LogP contribution in [-0.2, 0) is 4.79 Å². The highest BCUT2D eigenvalue weighted by Crippen LogP contribution is 2.50. The second-order valence-electron chi connectivity index (χ2n) is 5.55. The zero-order chi connectivity index (χ0) is 10.9. The molecule has 0 aromatic carbocycles. The summed E-state index contributed by atoms with van der Waals surface area (Å²) in [4.78, 5) is 11.6. The zero-order valence-electron chi connectivity index (χ0n) is 9.67. The summed E-state index contributed by atoms with van der Waals surface area (Å²) in [7, 11) is 0. The highest BCUT2D eigenvalue weighted by atomic mass is 16.4. The molecule has 2 aliphatic rings. The van der Waals surface area contributed by atoms with Gasteiger partial charge >= 0.3 is 5.97 Å². The van der Waals surface area contributed by atoms with Crippen molar-refractivity contribution in [3.8, 4) is 0 Å². The summed E-state index contributed by atoms with van der Waals surface area (Å²) in [5, 5.41) is 9.55. The van der Waals surface area contributed by atoms with Gasteiger partial charge in [0.15, 0.2) is 0 Å². The van der Waals surface area contributed by atoms with Gasteiger partial charge in [-0.25, -0.2) is 0 Å². The van der Waals surface area contributed by atoms with Crippen LogP contribution in [0.1, 0.15) is 58.3 Å². The van der Waals surface area contributed by atoms with E-state index in [-0.39, 0.29) is 0 Å². The first kappa shape index (κ1) is 11.0. The molecule has 0 atom stereocenters. The maximum absolute atomic E-state index is 11.6. The topological polar surface area (TPSA) is 37.3 Å². The highest BCUT2D eigenvalue weighted by molar-refractivity contribution is 5.75. The lowest BCUT2D eigenvalue weighted by molar-refractivity contribution is -0.155. The maximum atomic E-state index is 11.6. The van der Waals surface area contributed by atoms with Crippen LogP contribution in [0.5, 0.6) is 0 Å². The van der Waals surface area contributed by atoms with Crippen molar-refractivity contribution < 1.29 is 9.90 Å². The molecule has 0 bridgehead atoms. The molecule has 0 aromatic heterocycles. The Hall–Kier alpha value is -0.530. The first-order valence-electron chi connectivity index (χ1n) is 6.39. The van der Waals surface area contributed by atoms with E-state index in [4.69, 9.17) is 0 Å². The van der Waals surface area contributed by atoms with Crippen LogP contribution in [-0.4, -0.2) is 11.1 Å². The number of hydrogen-bond donors (Lipinski definition) is 1. The van der Waals surface area contributed by atoms with Crippen molar-refractivity contribution in [3.05, 3.63) is 0 Å². The Kier molecular flexibility index (Phi) is 3.03. The fourth-order valence-corrected chi connectivity index (χ4v) is 3.73. The molecule has 2 aliphatic carbocycles. The van der Waals surface area contributed by atoms with Crippen LogP contribution in [0.25, 0.3) is 0 Å². The normalized spacial score (nSPS) is 24.9. The van der Waals surface area contributed by atoms with E-state index >= 15 is 0 Å². The summed E-state index contributed by atoms with van der Waals surface area (Å²) >= 11 is 0. The molecule has 0 saturated heterocycles.